The Morgan fingerprint density at radius 3 is 1.82 bits per heavy atom. The van der Waals surface area contributed by atoms with Crippen molar-refractivity contribution in [2.45, 2.75) is 57.2 Å². The monoisotopic (exact) mass is 668 g/mol. The van der Waals surface area contributed by atoms with E-state index in [2.05, 4.69) is 13.8 Å². The van der Waals surface area contributed by atoms with Crippen LogP contribution in [0.3, 0.4) is 0 Å². The van der Waals surface area contributed by atoms with Gasteiger partial charge in [0, 0.05) is 25.0 Å². The van der Waals surface area contributed by atoms with Gasteiger partial charge in [-0.05, 0) is 72.4 Å². The van der Waals surface area contributed by atoms with Gasteiger partial charge in [-0.1, -0.05) is 86.6 Å². The first-order valence-corrected chi connectivity index (χ1v) is 17.0. The molecule has 8 heteroatoms. The molecule has 1 heterocycles. The van der Waals surface area contributed by atoms with Gasteiger partial charge in [0.05, 0.1) is 26.4 Å². The molecule has 0 bridgehead atoms. The SMILES string of the molecule is COc1ccc(C(OCC2OC(OCCCCCO)C(C)C(C)C2OC(=O)c2ccccc2)(c2ccccc2)c2ccc(OC)cc2)cc1. The highest BCUT2D eigenvalue weighted by Gasteiger charge is 2.47. The van der Waals surface area contributed by atoms with Crippen molar-refractivity contribution in [2.24, 2.45) is 11.8 Å². The average Bonchev–Trinajstić information content (AvgIpc) is 3.16. The summed E-state index contributed by atoms with van der Waals surface area (Å²) in [5.41, 5.74) is 2.08. The van der Waals surface area contributed by atoms with Crippen LogP contribution in [0.25, 0.3) is 0 Å². The molecule has 0 radical (unpaired) electrons. The fraction of sp³-hybridized carbons (Fsp3) is 0.390. The van der Waals surface area contributed by atoms with E-state index in [0.717, 1.165) is 47.5 Å². The van der Waals surface area contributed by atoms with Crippen molar-refractivity contribution in [3.8, 4) is 11.5 Å². The Hall–Kier alpha value is -4.21. The number of hydrogen-bond acceptors (Lipinski definition) is 8. The van der Waals surface area contributed by atoms with Crippen molar-refractivity contribution < 1.29 is 38.3 Å². The van der Waals surface area contributed by atoms with Crippen LogP contribution in [0.15, 0.2) is 109 Å². The standard InChI is InChI=1S/C41H48O8/c1-29-30(2)40(46-27-13-7-12-26-42)48-37(38(29)49-39(43)31-14-8-5-9-15-31)28-47-41(32-16-10-6-11-17-32,33-18-22-35(44-3)23-19-33)34-20-24-36(45-4)25-21-34/h5-6,8-11,14-25,29-30,37-38,40,42H,7,12-13,26-28H2,1-4H3. The molecule has 5 atom stereocenters. The lowest BCUT2D eigenvalue weighted by Gasteiger charge is -2.45. The summed E-state index contributed by atoms with van der Waals surface area (Å²) in [6.45, 7) is 4.87. The maximum atomic E-state index is 13.5. The van der Waals surface area contributed by atoms with Gasteiger partial charge in [-0.3, -0.25) is 0 Å². The number of rotatable bonds is 16. The van der Waals surface area contributed by atoms with Crippen molar-refractivity contribution in [2.75, 3.05) is 34.0 Å². The summed E-state index contributed by atoms with van der Waals surface area (Å²) in [4.78, 5) is 13.5. The van der Waals surface area contributed by atoms with E-state index in [4.69, 9.17) is 28.4 Å². The summed E-state index contributed by atoms with van der Waals surface area (Å²) in [6.07, 6.45) is 0.602. The highest BCUT2D eigenvalue weighted by atomic mass is 16.7. The molecule has 0 aromatic heterocycles. The lowest BCUT2D eigenvalue weighted by atomic mass is 9.79. The number of hydrogen-bond donors (Lipinski definition) is 1. The first-order valence-electron chi connectivity index (χ1n) is 17.0. The number of benzene rings is 4. The summed E-state index contributed by atoms with van der Waals surface area (Å²) < 4.78 is 37.4. The number of carbonyl (C=O) groups excluding carboxylic acids is 1. The summed E-state index contributed by atoms with van der Waals surface area (Å²) >= 11 is 0. The van der Waals surface area contributed by atoms with E-state index >= 15 is 0 Å². The average molecular weight is 669 g/mol. The lowest BCUT2D eigenvalue weighted by Crippen LogP contribution is -2.54. The Labute approximate surface area is 289 Å². The number of aliphatic hydroxyl groups is 1. The maximum absolute atomic E-state index is 13.5. The second-order valence-electron chi connectivity index (χ2n) is 12.5. The second-order valence-corrected chi connectivity index (χ2v) is 12.5. The van der Waals surface area contributed by atoms with Crippen LogP contribution in [0, 0.1) is 11.8 Å². The molecule has 1 saturated heterocycles. The molecule has 0 spiro atoms. The van der Waals surface area contributed by atoms with Crippen LogP contribution in [-0.2, 0) is 24.5 Å². The van der Waals surface area contributed by atoms with Crippen molar-refractivity contribution in [1.82, 2.24) is 0 Å². The molecule has 5 unspecified atom stereocenters. The summed E-state index contributed by atoms with van der Waals surface area (Å²) in [6, 6.07) is 34.8. The number of aliphatic hydroxyl groups excluding tert-OH is 1. The molecule has 1 aliphatic heterocycles. The normalized spacial score (nSPS) is 20.8. The van der Waals surface area contributed by atoms with Gasteiger partial charge in [0.1, 0.15) is 29.3 Å². The molecule has 260 valence electrons. The van der Waals surface area contributed by atoms with E-state index in [1.807, 2.05) is 97.1 Å². The molecular weight excluding hydrogens is 620 g/mol. The van der Waals surface area contributed by atoms with Crippen molar-refractivity contribution in [3.63, 3.8) is 0 Å². The Balaban J connectivity index is 1.53. The molecule has 4 aromatic carbocycles. The van der Waals surface area contributed by atoms with E-state index in [1.165, 1.54) is 0 Å². The van der Waals surface area contributed by atoms with E-state index in [-0.39, 0.29) is 25.0 Å². The number of carbonyl (C=O) groups is 1. The minimum absolute atomic E-state index is 0.0651. The highest BCUT2D eigenvalue weighted by molar-refractivity contribution is 5.89. The predicted molar refractivity (Wildman–Crippen MR) is 188 cm³/mol. The van der Waals surface area contributed by atoms with Crippen LogP contribution in [0.5, 0.6) is 11.5 Å². The molecule has 0 aliphatic carbocycles. The quantitative estimate of drug-likeness (QED) is 0.0750. The lowest BCUT2D eigenvalue weighted by molar-refractivity contribution is -0.274. The molecular formula is C41H48O8. The third kappa shape index (κ3) is 8.51. The number of esters is 1. The molecule has 1 fully saturated rings. The Kier molecular flexibility index (Phi) is 12.8. The molecule has 5 rings (SSSR count). The second kappa shape index (κ2) is 17.4. The molecule has 8 nitrogen and oxygen atoms in total. The van der Waals surface area contributed by atoms with Crippen LogP contribution in [-0.4, -0.2) is 63.6 Å². The zero-order valence-electron chi connectivity index (χ0n) is 28.8. The van der Waals surface area contributed by atoms with Gasteiger partial charge in [0.25, 0.3) is 0 Å². The minimum Gasteiger partial charge on any atom is -0.497 e. The van der Waals surface area contributed by atoms with Gasteiger partial charge in [-0.2, -0.15) is 0 Å². The Bertz CT molecular complexity index is 1510. The molecule has 0 amide bonds. The van der Waals surface area contributed by atoms with Gasteiger partial charge in [0.15, 0.2) is 6.29 Å². The smallest absolute Gasteiger partial charge is 0.338 e. The number of methoxy groups -OCH3 is 2. The molecule has 49 heavy (non-hydrogen) atoms. The van der Waals surface area contributed by atoms with E-state index in [1.54, 1.807) is 26.4 Å². The fourth-order valence-electron chi connectivity index (χ4n) is 6.41. The van der Waals surface area contributed by atoms with Crippen LogP contribution >= 0.6 is 0 Å². The van der Waals surface area contributed by atoms with Gasteiger partial charge in [-0.25, -0.2) is 4.79 Å². The third-order valence-electron chi connectivity index (χ3n) is 9.43. The molecule has 4 aromatic rings. The number of ether oxygens (including phenoxy) is 6. The van der Waals surface area contributed by atoms with Crippen LogP contribution in [0.2, 0.25) is 0 Å². The maximum Gasteiger partial charge on any atom is 0.338 e. The van der Waals surface area contributed by atoms with Crippen LogP contribution in [0.4, 0.5) is 0 Å². The first kappa shape index (κ1) is 36.1. The third-order valence-corrected chi connectivity index (χ3v) is 9.43. The minimum atomic E-state index is -1.08. The summed E-state index contributed by atoms with van der Waals surface area (Å²) in [5, 5.41) is 9.20. The van der Waals surface area contributed by atoms with Crippen molar-refractivity contribution in [3.05, 3.63) is 131 Å². The number of unbranched alkanes of at least 4 members (excludes halogenated alkanes) is 2. The largest absolute Gasteiger partial charge is 0.497 e. The first-order chi connectivity index (χ1) is 23.9. The molecule has 0 saturated carbocycles. The molecule has 1 aliphatic rings. The van der Waals surface area contributed by atoms with Crippen molar-refractivity contribution >= 4 is 5.97 Å². The Morgan fingerprint density at radius 2 is 1.27 bits per heavy atom. The van der Waals surface area contributed by atoms with Gasteiger partial charge >= 0.3 is 5.97 Å². The van der Waals surface area contributed by atoms with Gasteiger partial charge < -0.3 is 33.5 Å². The van der Waals surface area contributed by atoms with E-state index in [9.17, 15) is 9.90 Å². The van der Waals surface area contributed by atoms with Gasteiger partial charge in [-0.15, -0.1) is 0 Å². The van der Waals surface area contributed by atoms with E-state index < -0.39 is 30.1 Å². The summed E-state index contributed by atoms with van der Waals surface area (Å²) in [7, 11) is 3.29. The van der Waals surface area contributed by atoms with Crippen LogP contribution in [0.1, 0.15) is 60.2 Å². The zero-order valence-corrected chi connectivity index (χ0v) is 28.8. The highest BCUT2D eigenvalue weighted by Crippen LogP contribution is 2.43. The van der Waals surface area contributed by atoms with Gasteiger partial charge in [0.2, 0.25) is 0 Å². The summed E-state index contributed by atoms with van der Waals surface area (Å²) in [5.74, 6) is 0.869. The van der Waals surface area contributed by atoms with Crippen molar-refractivity contribution in [1.29, 1.82) is 0 Å². The van der Waals surface area contributed by atoms with E-state index in [0.29, 0.717) is 12.2 Å². The molecule has 1 N–H and O–H groups in total. The predicted octanol–water partition coefficient (Wildman–Crippen LogP) is 7.41. The Morgan fingerprint density at radius 1 is 0.714 bits per heavy atom. The van der Waals surface area contributed by atoms with Crippen LogP contribution < -0.4 is 9.47 Å². The zero-order chi connectivity index (χ0) is 34.6. The topological polar surface area (TPSA) is 92.7 Å². The fourth-order valence-corrected chi connectivity index (χ4v) is 6.41.